The Kier molecular flexibility index (Phi) is 4.07. The molecule has 25 heavy (non-hydrogen) atoms. The highest BCUT2D eigenvalue weighted by Gasteiger charge is 2.29. The second-order valence-corrected chi connectivity index (χ2v) is 6.50. The fourth-order valence-corrected chi connectivity index (χ4v) is 3.51. The first-order chi connectivity index (χ1) is 12.2. The third-order valence-corrected chi connectivity index (χ3v) is 4.78. The molecule has 1 atom stereocenters. The molecule has 2 N–H and O–H groups in total. The average Bonchev–Trinajstić information content (AvgIpc) is 3.25. The van der Waals surface area contributed by atoms with E-state index in [-0.39, 0.29) is 18.6 Å². The molecule has 4 rings (SSSR count). The molecule has 1 amide bonds. The number of H-pyrrole nitrogens is 1. The van der Waals surface area contributed by atoms with E-state index in [0.717, 1.165) is 22.0 Å². The van der Waals surface area contributed by atoms with E-state index in [1.165, 1.54) is 0 Å². The smallest absolute Gasteiger partial charge is 0.271 e. The molecule has 0 aliphatic carbocycles. The van der Waals surface area contributed by atoms with Crippen LogP contribution in [0.4, 0.5) is 0 Å². The van der Waals surface area contributed by atoms with Crippen LogP contribution in [0.1, 0.15) is 10.5 Å². The highest BCUT2D eigenvalue weighted by Crippen LogP contribution is 2.35. The summed E-state index contributed by atoms with van der Waals surface area (Å²) in [6.07, 6.45) is 3.76. The molecule has 2 heterocycles. The molecule has 3 aromatic rings. The molecule has 0 fully saturated rings. The maximum absolute atomic E-state index is 13.2. The molecule has 1 aliphatic heterocycles. The lowest BCUT2D eigenvalue weighted by Crippen LogP contribution is -2.38. The van der Waals surface area contributed by atoms with Crippen LogP contribution in [0.3, 0.4) is 0 Å². The summed E-state index contributed by atoms with van der Waals surface area (Å²) in [5.74, 6) is -0.129. The summed E-state index contributed by atoms with van der Waals surface area (Å²) >= 11 is 6.19. The van der Waals surface area contributed by atoms with Crippen LogP contribution in [0, 0.1) is 0 Å². The lowest BCUT2D eigenvalue weighted by atomic mass is 10.0. The molecular weight excluding hydrogens is 336 g/mol. The number of aromatic nitrogens is 1. The number of nitrogens with one attached hydrogen (secondary N) is 1. The zero-order valence-electron chi connectivity index (χ0n) is 13.4. The Balaban J connectivity index is 1.90. The molecule has 4 nitrogen and oxygen atoms in total. The lowest BCUT2D eigenvalue weighted by Gasteiger charge is -2.23. The summed E-state index contributed by atoms with van der Waals surface area (Å²) in [5, 5.41) is 11.1. The molecule has 5 heteroatoms. The van der Waals surface area contributed by atoms with Crippen LogP contribution in [0.25, 0.3) is 22.0 Å². The van der Waals surface area contributed by atoms with Gasteiger partial charge in [-0.1, -0.05) is 54.1 Å². The third-order valence-electron chi connectivity index (χ3n) is 4.55. The monoisotopic (exact) mass is 352 g/mol. The molecule has 0 radical (unpaired) electrons. The van der Waals surface area contributed by atoms with Gasteiger partial charge in [0.2, 0.25) is 0 Å². The van der Waals surface area contributed by atoms with Crippen molar-refractivity contribution in [3.8, 4) is 11.1 Å². The molecule has 1 aliphatic rings. The molecule has 0 bridgehead atoms. The minimum atomic E-state index is -0.286. The van der Waals surface area contributed by atoms with Crippen LogP contribution in [-0.2, 0) is 0 Å². The van der Waals surface area contributed by atoms with Crippen LogP contribution < -0.4 is 0 Å². The molecule has 2 aromatic carbocycles. The van der Waals surface area contributed by atoms with Crippen molar-refractivity contribution in [3.63, 3.8) is 0 Å². The Bertz CT molecular complexity index is 962. The van der Waals surface area contributed by atoms with Crippen LogP contribution in [0.5, 0.6) is 0 Å². The van der Waals surface area contributed by atoms with E-state index < -0.39 is 0 Å². The number of fused-ring (bicyclic) bond motifs is 1. The SMILES string of the molecule is O=C(c1[nH]c2ccc(Cl)cc2c1-c1ccccc1)N1CC=C[C@@H]1CO. The van der Waals surface area contributed by atoms with Gasteiger partial charge in [-0.3, -0.25) is 4.79 Å². The summed E-state index contributed by atoms with van der Waals surface area (Å²) in [7, 11) is 0. The van der Waals surface area contributed by atoms with Crippen molar-refractivity contribution in [2.45, 2.75) is 6.04 Å². The summed E-state index contributed by atoms with van der Waals surface area (Å²) in [4.78, 5) is 18.1. The minimum Gasteiger partial charge on any atom is -0.394 e. The summed E-state index contributed by atoms with van der Waals surface area (Å²) in [6.45, 7) is 0.406. The van der Waals surface area contributed by atoms with Crippen molar-refractivity contribution >= 4 is 28.4 Å². The number of aromatic amines is 1. The Labute approximate surface area is 150 Å². The van der Waals surface area contributed by atoms with Crippen molar-refractivity contribution in [1.82, 2.24) is 9.88 Å². The summed E-state index contributed by atoms with van der Waals surface area (Å²) < 4.78 is 0. The minimum absolute atomic E-state index is 0.0883. The number of nitrogens with zero attached hydrogens (tertiary/aromatic N) is 1. The van der Waals surface area contributed by atoms with E-state index in [2.05, 4.69) is 4.98 Å². The topological polar surface area (TPSA) is 56.3 Å². The number of aliphatic hydroxyl groups is 1. The second-order valence-electron chi connectivity index (χ2n) is 6.07. The fourth-order valence-electron chi connectivity index (χ4n) is 3.34. The predicted octanol–water partition coefficient (Wildman–Crippen LogP) is 3.86. The maximum Gasteiger partial charge on any atom is 0.271 e. The average molecular weight is 353 g/mol. The molecule has 1 aromatic heterocycles. The number of hydrogen-bond acceptors (Lipinski definition) is 2. The number of amides is 1. The van der Waals surface area contributed by atoms with E-state index in [1.54, 1.807) is 11.0 Å². The van der Waals surface area contributed by atoms with E-state index in [4.69, 9.17) is 11.6 Å². The van der Waals surface area contributed by atoms with Gasteiger partial charge in [-0.15, -0.1) is 0 Å². The van der Waals surface area contributed by atoms with Gasteiger partial charge in [-0.25, -0.2) is 0 Å². The van der Waals surface area contributed by atoms with Crippen molar-refractivity contribution in [2.24, 2.45) is 0 Å². The maximum atomic E-state index is 13.2. The lowest BCUT2D eigenvalue weighted by molar-refractivity contribution is 0.0696. The summed E-state index contributed by atoms with van der Waals surface area (Å²) in [5.41, 5.74) is 3.17. The Morgan fingerprint density at radius 3 is 2.80 bits per heavy atom. The van der Waals surface area contributed by atoms with Gasteiger partial charge in [0.1, 0.15) is 5.69 Å². The van der Waals surface area contributed by atoms with Crippen molar-refractivity contribution in [3.05, 3.63) is 71.4 Å². The van der Waals surface area contributed by atoms with Gasteiger partial charge in [0.05, 0.1) is 12.6 Å². The number of rotatable bonds is 3. The van der Waals surface area contributed by atoms with Crippen molar-refractivity contribution in [1.29, 1.82) is 0 Å². The standard InChI is InChI=1S/C20H17ClN2O2/c21-14-8-9-17-16(11-14)18(13-5-2-1-3-6-13)19(22-17)20(25)23-10-4-7-15(23)12-24/h1-9,11,15,22,24H,10,12H2/t15-/m1/s1. The van der Waals surface area contributed by atoms with Crippen LogP contribution in [0.15, 0.2) is 60.7 Å². The van der Waals surface area contributed by atoms with E-state index in [9.17, 15) is 9.90 Å². The van der Waals surface area contributed by atoms with Crippen LogP contribution in [0.2, 0.25) is 5.02 Å². The van der Waals surface area contributed by atoms with E-state index >= 15 is 0 Å². The third kappa shape index (κ3) is 2.73. The first-order valence-corrected chi connectivity index (χ1v) is 8.52. The van der Waals surface area contributed by atoms with Gasteiger partial charge >= 0.3 is 0 Å². The van der Waals surface area contributed by atoms with Gasteiger partial charge in [-0.05, 0) is 23.8 Å². The first kappa shape index (κ1) is 15.9. The zero-order valence-corrected chi connectivity index (χ0v) is 14.2. The van der Waals surface area contributed by atoms with Crippen molar-refractivity contribution < 1.29 is 9.90 Å². The van der Waals surface area contributed by atoms with E-state index in [1.807, 2.05) is 54.6 Å². The molecule has 0 saturated carbocycles. The number of hydrogen-bond donors (Lipinski definition) is 2. The number of carbonyl (C=O) groups excluding carboxylic acids is 1. The molecular formula is C20H17ClN2O2. The van der Waals surface area contributed by atoms with Gasteiger partial charge in [-0.2, -0.15) is 0 Å². The molecule has 0 spiro atoms. The Morgan fingerprint density at radius 1 is 1.24 bits per heavy atom. The van der Waals surface area contributed by atoms with Gasteiger partial charge in [0, 0.05) is 28.0 Å². The highest BCUT2D eigenvalue weighted by molar-refractivity contribution is 6.31. The number of benzene rings is 2. The number of halogens is 1. The van der Waals surface area contributed by atoms with Crippen LogP contribution >= 0.6 is 11.6 Å². The first-order valence-electron chi connectivity index (χ1n) is 8.14. The largest absolute Gasteiger partial charge is 0.394 e. The van der Waals surface area contributed by atoms with Gasteiger partial charge in [0.25, 0.3) is 5.91 Å². The highest BCUT2D eigenvalue weighted by atomic mass is 35.5. The molecule has 126 valence electrons. The second kappa shape index (κ2) is 6.39. The quantitative estimate of drug-likeness (QED) is 0.703. The molecule has 0 saturated heterocycles. The van der Waals surface area contributed by atoms with Gasteiger partial charge < -0.3 is 15.0 Å². The normalized spacial score (nSPS) is 16.7. The van der Waals surface area contributed by atoms with Gasteiger partial charge in [0.15, 0.2) is 0 Å². The molecule has 0 unspecified atom stereocenters. The Morgan fingerprint density at radius 2 is 2.04 bits per heavy atom. The van der Waals surface area contributed by atoms with Crippen molar-refractivity contribution in [2.75, 3.05) is 13.2 Å². The van der Waals surface area contributed by atoms with E-state index in [0.29, 0.717) is 17.3 Å². The fraction of sp³-hybridized carbons (Fsp3) is 0.150. The Hall–Kier alpha value is -2.56. The predicted molar refractivity (Wildman–Crippen MR) is 99.8 cm³/mol. The van der Waals surface area contributed by atoms with Crippen LogP contribution in [-0.4, -0.2) is 40.1 Å². The summed E-state index contributed by atoms with van der Waals surface area (Å²) in [6, 6.07) is 15.1. The number of carbonyl (C=O) groups is 1. The zero-order chi connectivity index (χ0) is 17.4. The number of aliphatic hydroxyl groups excluding tert-OH is 1.